The Morgan fingerprint density at radius 1 is 0.982 bits per heavy atom. The molecule has 11 nitrogen and oxygen atoms in total. The van der Waals surface area contributed by atoms with E-state index in [1.54, 1.807) is 18.2 Å². The smallest absolute Gasteiger partial charge is 0.422 e. The first-order chi connectivity index (χ1) is 26.8. The normalized spacial score (nSPS) is 19.5. The van der Waals surface area contributed by atoms with Gasteiger partial charge in [0.1, 0.15) is 24.4 Å². The van der Waals surface area contributed by atoms with Crippen LogP contribution in [0.2, 0.25) is 0 Å². The van der Waals surface area contributed by atoms with Crippen molar-refractivity contribution in [2.75, 3.05) is 26.8 Å². The van der Waals surface area contributed by atoms with Crippen LogP contribution in [-0.4, -0.2) is 96.9 Å². The highest BCUT2D eigenvalue weighted by Crippen LogP contribution is 2.43. The average molecular weight is 787 g/mol. The number of aliphatic hydroxyl groups excluding tert-OH is 1. The number of hydrogen-bond acceptors (Lipinski definition) is 9. The lowest BCUT2D eigenvalue weighted by atomic mass is 9.90. The van der Waals surface area contributed by atoms with Crippen molar-refractivity contribution in [3.63, 3.8) is 0 Å². The minimum Gasteiger partial charge on any atom is -0.456 e. The van der Waals surface area contributed by atoms with E-state index in [0.717, 1.165) is 50.2 Å². The first kappa shape index (κ1) is 44.2. The number of aliphatic hydroxyl groups is 1. The van der Waals surface area contributed by atoms with Gasteiger partial charge in [-0.15, -0.1) is 0 Å². The van der Waals surface area contributed by atoms with Crippen LogP contribution in [0.15, 0.2) is 72.3 Å². The number of nitrogens with zero attached hydrogens (tertiary/aromatic N) is 1. The summed E-state index contributed by atoms with van der Waals surface area (Å²) in [4.78, 5) is 55.0. The number of alkyl halides is 3. The molecule has 0 bridgehead atoms. The van der Waals surface area contributed by atoms with Crippen LogP contribution in [0.5, 0.6) is 0 Å². The van der Waals surface area contributed by atoms with Gasteiger partial charge in [0.05, 0.1) is 12.2 Å². The zero-order chi connectivity index (χ0) is 40.7. The minimum atomic E-state index is -4.70. The van der Waals surface area contributed by atoms with Crippen molar-refractivity contribution in [2.45, 2.75) is 114 Å². The maximum absolute atomic E-state index is 14.4. The van der Waals surface area contributed by atoms with Crippen LogP contribution in [-0.2, 0) is 39.8 Å². The van der Waals surface area contributed by atoms with Gasteiger partial charge in [-0.3, -0.25) is 9.59 Å². The summed E-state index contributed by atoms with van der Waals surface area (Å²) in [5.41, 5.74) is 1.28. The molecule has 2 aromatic carbocycles. The summed E-state index contributed by atoms with van der Waals surface area (Å²) in [6.07, 6.45) is 3.24. The second-order valence-corrected chi connectivity index (χ2v) is 14.1. The Bertz CT molecular complexity index is 1670. The molecule has 1 heterocycles. The number of amides is 2. The fourth-order valence-electron chi connectivity index (χ4n) is 6.89. The molecular formula is C42H53F3N2O9. The highest BCUT2D eigenvalue weighted by Gasteiger charge is 2.53. The van der Waals surface area contributed by atoms with Gasteiger partial charge in [0.15, 0.2) is 12.4 Å². The van der Waals surface area contributed by atoms with Gasteiger partial charge in [0, 0.05) is 50.9 Å². The molecule has 2 aliphatic rings. The van der Waals surface area contributed by atoms with Gasteiger partial charge < -0.3 is 34.3 Å². The van der Waals surface area contributed by atoms with E-state index in [0.29, 0.717) is 12.8 Å². The summed E-state index contributed by atoms with van der Waals surface area (Å²) in [5, 5.41) is 12.0. The molecule has 0 saturated carbocycles. The van der Waals surface area contributed by atoms with E-state index in [2.05, 4.69) is 23.9 Å². The van der Waals surface area contributed by atoms with Gasteiger partial charge in [0.2, 0.25) is 11.8 Å². The van der Waals surface area contributed by atoms with E-state index in [9.17, 15) is 37.5 Å². The number of halogens is 3. The molecule has 2 amide bonds. The van der Waals surface area contributed by atoms with Gasteiger partial charge in [-0.1, -0.05) is 88.1 Å². The SMILES string of the molecule is CCCCCC1(CCCCC)OC2C=C(C(=O)N(C)C(Cc3ccccc3)C(=O)NCCO)CC(OC(=O)c3ccccc3C=CC(=O)OCC(F)(F)F)C2O1. The quantitative estimate of drug-likeness (QED) is 0.0877. The number of nitrogens with one attached hydrogen (secondary N) is 1. The number of fused-ring (bicyclic) bond motifs is 1. The molecule has 0 spiro atoms. The Morgan fingerprint density at radius 2 is 1.64 bits per heavy atom. The van der Waals surface area contributed by atoms with Crippen LogP contribution in [0.25, 0.3) is 6.08 Å². The van der Waals surface area contributed by atoms with Crippen LogP contribution in [0.3, 0.4) is 0 Å². The maximum Gasteiger partial charge on any atom is 0.422 e. The number of unbranched alkanes of at least 4 members (excludes halogenated alkanes) is 4. The second kappa shape index (κ2) is 21.1. The zero-order valence-electron chi connectivity index (χ0n) is 32.2. The van der Waals surface area contributed by atoms with Crippen molar-refractivity contribution >= 4 is 29.8 Å². The van der Waals surface area contributed by atoms with Crippen LogP contribution in [0.1, 0.15) is 93.1 Å². The van der Waals surface area contributed by atoms with Gasteiger partial charge in [-0.05, 0) is 42.2 Å². The average Bonchev–Trinajstić information content (AvgIpc) is 3.56. The summed E-state index contributed by atoms with van der Waals surface area (Å²) in [6, 6.07) is 14.4. The van der Waals surface area contributed by atoms with E-state index in [1.807, 2.05) is 30.3 Å². The first-order valence-electron chi connectivity index (χ1n) is 19.3. The van der Waals surface area contributed by atoms with E-state index < -0.39 is 66.7 Å². The third-order valence-electron chi connectivity index (χ3n) is 9.77. The molecule has 2 N–H and O–H groups in total. The second-order valence-electron chi connectivity index (χ2n) is 14.1. The number of esters is 2. The lowest BCUT2D eigenvalue weighted by molar-refractivity contribution is -0.190. The Morgan fingerprint density at radius 3 is 2.29 bits per heavy atom. The van der Waals surface area contributed by atoms with E-state index >= 15 is 0 Å². The molecule has 4 atom stereocenters. The van der Waals surface area contributed by atoms with E-state index in [4.69, 9.17) is 14.2 Å². The van der Waals surface area contributed by atoms with Gasteiger partial charge in [-0.25, -0.2) is 9.59 Å². The van der Waals surface area contributed by atoms with Crippen LogP contribution >= 0.6 is 0 Å². The third-order valence-corrected chi connectivity index (χ3v) is 9.77. The molecule has 1 aliphatic carbocycles. The highest BCUT2D eigenvalue weighted by atomic mass is 19.4. The fraction of sp³-hybridized carbons (Fsp3) is 0.524. The molecule has 4 rings (SSSR count). The molecule has 0 aromatic heterocycles. The third kappa shape index (κ3) is 12.8. The molecule has 1 fully saturated rings. The molecular weight excluding hydrogens is 733 g/mol. The predicted molar refractivity (Wildman–Crippen MR) is 202 cm³/mol. The van der Waals surface area contributed by atoms with E-state index in [1.165, 1.54) is 30.2 Å². The summed E-state index contributed by atoms with van der Waals surface area (Å²) in [5.74, 6) is -3.98. The Balaban J connectivity index is 1.66. The molecule has 4 unspecified atom stereocenters. The Hall–Kier alpha value is -4.53. The molecule has 2 aromatic rings. The van der Waals surface area contributed by atoms with Gasteiger partial charge >= 0.3 is 18.1 Å². The molecule has 306 valence electrons. The number of carbonyl (C=O) groups is 4. The Labute approximate surface area is 326 Å². The van der Waals surface area contributed by atoms with Crippen LogP contribution in [0.4, 0.5) is 13.2 Å². The molecule has 14 heteroatoms. The standard InChI is InChI=1S/C42H53F3N2O9/c1-4-6-13-21-41(22-14-7-5-2)55-35-27-31(39(51)47(3)33(38(50)46-23-24-48)25-29-15-9-8-10-16-29)26-34(37(35)56-41)54-40(52)32-18-12-11-17-30(32)19-20-36(49)53-28-42(43,44)45/h8-12,15-20,27,33-35,37,48H,4-7,13-14,21-26,28H2,1-3H3,(H,46,50). The van der Waals surface area contributed by atoms with Gasteiger partial charge in [-0.2, -0.15) is 13.2 Å². The molecule has 1 aliphatic heterocycles. The lowest BCUT2D eigenvalue weighted by Gasteiger charge is -2.33. The van der Waals surface area contributed by atoms with E-state index in [-0.39, 0.29) is 42.7 Å². The number of rotatable bonds is 20. The predicted octanol–water partition coefficient (Wildman–Crippen LogP) is 6.48. The van der Waals surface area contributed by atoms with Gasteiger partial charge in [0.25, 0.3) is 0 Å². The fourth-order valence-corrected chi connectivity index (χ4v) is 6.89. The monoisotopic (exact) mass is 786 g/mol. The summed E-state index contributed by atoms with van der Waals surface area (Å²) in [7, 11) is 1.52. The number of likely N-dealkylation sites (N-methyl/N-ethyl adjacent to an activating group) is 1. The van der Waals surface area contributed by atoms with Crippen LogP contribution < -0.4 is 5.32 Å². The number of benzene rings is 2. The van der Waals surface area contributed by atoms with Crippen molar-refractivity contribution in [1.29, 1.82) is 0 Å². The summed E-state index contributed by atoms with van der Waals surface area (Å²) in [6.45, 7) is 2.17. The molecule has 0 radical (unpaired) electrons. The zero-order valence-corrected chi connectivity index (χ0v) is 32.2. The van der Waals surface area contributed by atoms with Crippen molar-refractivity contribution in [1.82, 2.24) is 10.2 Å². The summed E-state index contributed by atoms with van der Waals surface area (Å²) >= 11 is 0. The lowest BCUT2D eigenvalue weighted by Crippen LogP contribution is -2.51. The number of ether oxygens (including phenoxy) is 4. The number of hydrogen-bond donors (Lipinski definition) is 2. The minimum absolute atomic E-state index is 0.00532. The molecule has 1 saturated heterocycles. The summed E-state index contributed by atoms with van der Waals surface area (Å²) < 4.78 is 61.5. The van der Waals surface area contributed by atoms with Crippen molar-refractivity contribution in [3.8, 4) is 0 Å². The first-order valence-corrected chi connectivity index (χ1v) is 19.3. The van der Waals surface area contributed by atoms with Crippen molar-refractivity contribution in [3.05, 3.63) is 89.0 Å². The van der Waals surface area contributed by atoms with Crippen molar-refractivity contribution in [2.24, 2.45) is 0 Å². The maximum atomic E-state index is 14.4. The highest BCUT2D eigenvalue weighted by molar-refractivity contribution is 5.98. The largest absolute Gasteiger partial charge is 0.456 e. The Kier molecular flexibility index (Phi) is 16.7. The topological polar surface area (TPSA) is 141 Å². The van der Waals surface area contributed by atoms with Crippen LogP contribution in [0, 0.1) is 0 Å². The molecule has 56 heavy (non-hydrogen) atoms. The van der Waals surface area contributed by atoms with Crippen molar-refractivity contribution < 1.29 is 56.4 Å². The number of carbonyl (C=O) groups excluding carboxylic acids is 4.